The van der Waals surface area contributed by atoms with Gasteiger partial charge in [-0.25, -0.2) is 0 Å². The quantitative estimate of drug-likeness (QED) is 0.718. The van der Waals surface area contributed by atoms with Gasteiger partial charge in [-0.1, -0.05) is 29.8 Å². The summed E-state index contributed by atoms with van der Waals surface area (Å²) in [5.74, 6) is 0.456. The highest BCUT2D eigenvalue weighted by molar-refractivity contribution is 6.31. The van der Waals surface area contributed by atoms with Crippen LogP contribution in [0.2, 0.25) is 5.02 Å². The van der Waals surface area contributed by atoms with Crippen molar-refractivity contribution >= 4 is 34.1 Å². The summed E-state index contributed by atoms with van der Waals surface area (Å²) in [5, 5.41) is 4.36. The van der Waals surface area contributed by atoms with Gasteiger partial charge in [0.05, 0.1) is 17.4 Å². The first-order valence-electron chi connectivity index (χ1n) is 7.38. The van der Waals surface area contributed by atoms with Crippen LogP contribution in [-0.2, 0) is 0 Å². The van der Waals surface area contributed by atoms with E-state index >= 15 is 0 Å². The molecule has 0 aliphatic heterocycles. The summed E-state index contributed by atoms with van der Waals surface area (Å²) in [7, 11) is 0. The van der Waals surface area contributed by atoms with Crippen molar-refractivity contribution in [2.75, 3.05) is 5.32 Å². The number of para-hydroxylation sites is 2. The third-order valence-electron chi connectivity index (χ3n) is 3.39. The number of H-pyrrole nitrogens is 1. The van der Waals surface area contributed by atoms with E-state index in [0.717, 1.165) is 10.9 Å². The van der Waals surface area contributed by atoms with E-state index in [9.17, 15) is 4.79 Å². The average Bonchev–Trinajstić information content (AvgIpc) is 2.91. The molecule has 0 fully saturated rings. The van der Waals surface area contributed by atoms with Gasteiger partial charge in [0.25, 0.3) is 5.91 Å². The van der Waals surface area contributed by atoms with Crippen LogP contribution in [0, 0.1) is 0 Å². The van der Waals surface area contributed by atoms with Crippen molar-refractivity contribution in [3.05, 3.63) is 59.2 Å². The number of rotatable bonds is 4. The van der Waals surface area contributed by atoms with Crippen molar-refractivity contribution < 1.29 is 9.53 Å². The highest BCUT2D eigenvalue weighted by Gasteiger charge is 2.14. The van der Waals surface area contributed by atoms with Gasteiger partial charge in [-0.2, -0.15) is 0 Å². The fraction of sp³-hybridized carbons (Fsp3) is 0.167. The molecule has 0 unspecified atom stereocenters. The fourth-order valence-corrected chi connectivity index (χ4v) is 2.57. The highest BCUT2D eigenvalue weighted by atomic mass is 35.5. The second kappa shape index (κ2) is 6.34. The SMILES string of the molecule is CC(C)Oc1ccccc1NC(=O)c1c[nH]c2cc(Cl)ccc12. The van der Waals surface area contributed by atoms with Crippen LogP contribution in [0.5, 0.6) is 5.75 Å². The molecule has 2 aromatic carbocycles. The Morgan fingerprint density at radius 1 is 1.22 bits per heavy atom. The van der Waals surface area contributed by atoms with E-state index in [0.29, 0.717) is 22.0 Å². The predicted octanol–water partition coefficient (Wildman–Crippen LogP) is 4.86. The first-order chi connectivity index (χ1) is 11.0. The van der Waals surface area contributed by atoms with Gasteiger partial charge in [-0.15, -0.1) is 0 Å². The summed E-state index contributed by atoms with van der Waals surface area (Å²) >= 11 is 5.97. The molecule has 3 rings (SSSR count). The average molecular weight is 329 g/mol. The van der Waals surface area contributed by atoms with Crippen molar-refractivity contribution in [2.24, 2.45) is 0 Å². The minimum absolute atomic E-state index is 0.0308. The second-order valence-electron chi connectivity index (χ2n) is 5.51. The van der Waals surface area contributed by atoms with Crippen LogP contribution in [0.25, 0.3) is 10.9 Å². The summed E-state index contributed by atoms with van der Waals surface area (Å²) < 4.78 is 5.73. The van der Waals surface area contributed by atoms with Gasteiger partial charge in [0.2, 0.25) is 0 Å². The van der Waals surface area contributed by atoms with Crippen LogP contribution in [-0.4, -0.2) is 17.0 Å². The lowest BCUT2D eigenvalue weighted by molar-refractivity contribution is 0.102. The number of anilines is 1. The summed E-state index contributed by atoms with van der Waals surface area (Å²) in [6, 6.07) is 12.8. The van der Waals surface area contributed by atoms with Gasteiger partial charge in [0.1, 0.15) is 5.75 Å². The number of carbonyl (C=O) groups excluding carboxylic acids is 1. The molecule has 1 heterocycles. The molecule has 0 aliphatic rings. The number of nitrogens with one attached hydrogen (secondary N) is 2. The minimum atomic E-state index is -0.196. The van der Waals surface area contributed by atoms with Crippen LogP contribution in [0.4, 0.5) is 5.69 Å². The predicted molar refractivity (Wildman–Crippen MR) is 93.5 cm³/mol. The van der Waals surface area contributed by atoms with E-state index in [4.69, 9.17) is 16.3 Å². The van der Waals surface area contributed by atoms with Crippen molar-refractivity contribution in [1.29, 1.82) is 0 Å². The van der Waals surface area contributed by atoms with Crippen LogP contribution in [0.15, 0.2) is 48.7 Å². The maximum absolute atomic E-state index is 12.6. The number of amides is 1. The van der Waals surface area contributed by atoms with Crippen LogP contribution in [0.1, 0.15) is 24.2 Å². The molecule has 3 aromatic rings. The summed E-state index contributed by atoms with van der Waals surface area (Å²) in [4.78, 5) is 15.7. The van der Waals surface area contributed by atoms with E-state index in [1.807, 2.05) is 44.2 Å². The molecule has 2 N–H and O–H groups in total. The molecule has 0 aliphatic carbocycles. The molecule has 0 spiro atoms. The fourth-order valence-electron chi connectivity index (χ4n) is 2.40. The van der Waals surface area contributed by atoms with E-state index < -0.39 is 0 Å². The normalized spacial score (nSPS) is 11.0. The Hall–Kier alpha value is -2.46. The maximum Gasteiger partial charge on any atom is 0.257 e. The molecule has 1 aromatic heterocycles. The topological polar surface area (TPSA) is 54.1 Å². The van der Waals surface area contributed by atoms with Crippen molar-refractivity contribution in [3.8, 4) is 5.75 Å². The van der Waals surface area contributed by atoms with Gasteiger partial charge in [-0.05, 0) is 38.1 Å². The Bertz CT molecular complexity index is 855. The molecule has 0 saturated heterocycles. The largest absolute Gasteiger partial charge is 0.489 e. The van der Waals surface area contributed by atoms with Gasteiger partial charge < -0.3 is 15.0 Å². The Morgan fingerprint density at radius 3 is 2.78 bits per heavy atom. The number of benzene rings is 2. The molecular formula is C18H17ClN2O2. The number of hydrogen-bond donors (Lipinski definition) is 2. The van der Waals surface area contributed by atoms with E-state index in [2.05, 4.69) is 10.3 Å². The third-order valence-corrected chi connectivity index (χ3v) is 3.62. The number of fused-ring (bicyclic) bond motifs is 1. The zero-order valence-corrected chi connectivity index (χ0v) is 13.6. The van der Waals surface area contributed by atoms with E-state index in [1.54, 1.807) is 18.3 Å². The van der Waals surface area contributed by atoms with E-state index in [-0.39, 0.29) is 12.0 Å². The Balaban J connectivity index is 1.89. The van der Waals surface area contributed by atoms with Gasteiger partial charge in [0, 0.05) is 22.1 Å². The first-order valence-corrected chi connectivity index (χ1v) is 7.76. The zero-order chi connectivity index (χ0) is 16.4. The van der Waals surface area contributed by atoms with Crippen LogP contribution >= 0.6 is 11.6 Å². The van der Waals surface area contributed by atoms with Crippen molar-refractivity contribution in [2.45, 2.75) is 20.0 Å². The number of ether oxygens (including phenoxy) is 1. The van der Waals surface area contributed by atoms with Crippen LogP contribution < -0.4 is 10.1 Å². The molecular weight excluding hydrogens is 312 g/mol. The summed E-state index contributed by atoms with van der Waals surface area (Å²) in [5.41, 5.74) is 2.04. The molecule has 23 heavy (non-hydrogen) atoms. The maximum atomic E-state index is 12.6. The first kappa shape index (κ1) is 15.4. The minimum Gasteiger partial charge on any atom is -0.489 e. The van der Waals surface area contributed by atoms with Crippen molar-refractivity contribution in [1.82, 2.24) is 4.98 Å². The molecule has 0 radical (unpaired) electrons. The third kappa shape index (κ3) is 3.32. The molecule has 0 atom stereocenters. The number of aromatic amines is 1. The molecule has 0 saturated carbocycles. The molecule has 0 bridgehead atoms. The second-order valence-corrected chi connectivity index (χ2v) is 5.95. The van der Waals surface area contributed by atoms with Gasteiger partial charge in [-0.3, -0.25) is 4.79 Å². The number of hydrogen-bond acceptors (Lipinski definition) is 2. The van der Waals surface area contributed by atoms with Crippen molar-refractivity contribution in [3.63, 3.8) is 0 Å². The lowest BCUT2D eigenvalue weighted by Crippen LogP contribution is -2.14. The Labute approximate surface area is 139 Å². The van der Waals surface area contributed by atoms with Crippen LogP contribution in [0.3, 0.4) is 0 Å². The number of aromatic nitrogens is 1. The molecule has 5 heteroatoms. The summed E-state index contributed by atoms with van der Waals surface area (Å²) in [6.45, 7) is 3.89. The number of carbonyl (C=O) groups is 1. The highest BCUT2D eigenvalue weighted by Crippen LogP contribution is 2.27. The smallest absolute Gasteiger partial charge is 0.257 e. The lowest BCUT2D eigenvalue weighted by atomic mass is 10.1. The standard InChI is InChI=1S/C18H17ClN2O2/c1-11(2)23-17-6-4-3-5-15(17)21-18(22)14-10-20-16-9-12(19)7-8-13(14)16/h3-11,20H,1-2H3,(H,21,22). The van der Waals surface area contributed by atoms with E-state index in [1.165, 1.54) is 0 Å². The zero-order valence-electron chi connectivity index (χ0n) is 12.9. The summed E-state index contributed by atoms with van der Waals surface area (Å²) in [6.07, 6.45) is 1.71. The Morgan fingerprint density at radius 2 is 2.00 bits per heavy atom. The Kier molecular flexibility index (Phi) is 4.26. The van der Waals surface area contributed by atoms with Gasteiger partial charge >= 0.3 is 0 Å². The monoisotopic (exact) mass is 328 g/mol. The molecule has 4 nitrogen and oxygen atoms in total. The lowest BCUT2D eigenvalue weighted by Gasteiger charge is -2.14. The molecule has 118 valence electrons. The number of halogens is 1. The molecule has 1 amide bonds. The van der Waals surface area contributed by atoms with Gasteiger partial charge in [0.15, 0.2) is 0 Å².